The molecule has 61 heavy (non-hydrogen) atoms. The predicted octanol–water partition coefficient (Wildman–Crippen LogP) is 16.3. The van der Waals surface area contributed by atoms with Gasteiger partial charge < -0.3 is 14.2 Å². The maximum Gasteiger partial charge on any atom is 0.135 e. The van der Waals surface area contributed by atoms with Gasteiger partial charge in [-0.1, -0.05) is 110 Å². The number of furan rings is 1. The minimum atomic E-state index is -0.00407. The molecule has 4 bridgehead atoms. The summed E-state index contributed by atoms with van der Waals surface area (Å²) in [6.45, 7) is 0. The normalized spacial score (nSPS) is 23.4. The number of hydrogen-bond acceptors (Lipinski definition) is 3. The van der Waals surface area contributed by atoms with Crippen molar-refractivity contribution in [1.82, 2.24) is 0 Å². The molecule has 7 aromatic carbocycles. The highest BCUT2D eigenvalue weighted by Gasteiger charge is 2.58. The molecule has 0 amide bonds. The predicted molar refractivity (Wildman–Crippen MR) is 253 cm³/mol. The summed E-state index contributed by atoms with van der Waals surface area (Å²) in [7, 11) is 0. The van der Waals surface area contributed by atoms with Crippen molar-refractivity contribution in [2.24, 2.45) is 23.7 Å². The summed E-state index contributed by atoms with van der Waals surface area (Å²) in [5, 5.41) is 2.29. The van der Waals surface area contributed by atoms with Crippen molar-refractivity contribution in [2.75, 3.05) is 9.80 Å². The van der Waals surface area contributed by atoms with Crippen LogP contribution in [0.1, 0.15) is 86.8 Å². The number of anilines is 6. The van der Waals surface area contributed by atoms with Crippen molar-refractivity contribution in [1.29, 1.82) is 0 Å². The first-order chi connectivity index (χ1) is 30.2. The molecule has 0 saturated heterocycles. The molecule has 1 heterocycles. The molecular formula is C58H54N2O. The molecule has 5 aliphatic rings. The lowest BCUT2D eigenvalue weighted by atomic mass is 9.42. The number of nitrogens with zero attached hydrogens (tertiary/aromatic N) is 2. The van der Waals surface area contributed by atoms with Crippen LogP contribution in [0.2, 0.25) is 0 Å². The second-order valence-electron chi connectivity index (χ2n) is 18.8. The Balaban J connectivity index is 0.932. The lowest BCUT2D eigenvalue weighted by molar-refractivity contribution is -0.0418. The SMILES string of the molecule is c1ccc(N(c2ccc(C3CCCCC3)cc2)c2ccc(C3(c4ccc(N(c5ccccc5)c5ccc6oc7ccccc7c6c5)cc4)C4CC5CC(C4)CC3C5)cc2)cc1. The van der Waals surface area contributed by atoms with Gasteiger partial charge in [-0.25, -0.2) is 0 Å². The van der Waals surface area contributed by atoms with Crippen LogP contribution in [0, 0.1) is 23.7 Å². The summed E-state index contributed by atoms with van der Waals surface area (Å²) in [6.07, 6.45) is 13.6. The monoisotopic (exact) mass is 794 g/mol. The Morgan fingerprint density at radius 1 is 0.393 bits per heavy atom. The Labute approximate surface area is 360 Å². The molecule has 5 fully saturated rings. The zero-order valence-corrected chi connectivity index (χ0v) is 35.0. The summed E-state index contributed by atoms with van der Waals surface area (Å²) in [5.74, 6) is 3.76. The highest BCUT2D eigenvalue weighted by molar-refractivity contribution is 6.06. The quantitative estimate of drug-likeness (QED) is 0.145. The van der Waals surface area contributed by atoms with E-state index >= 15 is 0 Å². The molecule has 0 atom stereocenters. The number of fused-ring (bicyclic) bond motifs is 3. The van der Waals surface area contributed by atoms with Crippen molar-refractivity contribution < 1.29 is 4.42 Å². The molecule has 8 aromatic rings. The van der Waals surface area contributed by atoms with E-state index in [1.54, 1.807) is 0 Å². The van der Waals surface area contributed by atoms with E-state index < -0.39 is 0 Å². The molecule has 13 rings (SSSR count). The lowest BCUT2D eigenvalue weighted by Crippen LogP contribution is -2.56. The van der Waals surface area contributed by atoms with E-state index in [2.05, 4.69) is 180 Å². The molecule has 302 valence electrons. The smallest absolute Gasteiger partial charge is 0.135 e. The van der Waals surface area contributed by atoms with Crippen molar-refractivity contribution in [2.45, 2.75) is 75.5 Å². The molecule has 5 saturated carbocycles. The molecule has 0 spiro atoms. The molecule has 0 aliphatic heterocycles. The van der Waals surface area contributed by atoms with E-state index in [0.29, 0.717) is 17.8 Å². The molecular weight excluding hydrogens is 741 g/mol. The fourth-order valence-corrected chi connectivity index (χ4v) is 13.0. The Morgan fingerprint density at radius 2 is 0.852 bits per heavy atom. The van der Waals surface area contributed by atoms with Crippen LogP contribution < -0.4 is 9.80 Å². The number of hydrogen-bond donors (Lipinski definition) is 0. The molecule has 5 aliphatic carbocycles. The summed E-state index contributed by atoms with van der Waals surface area (Å²) in [6, 6.07) is 66.0. The maximum atomic E-state index is 6.25. The average molecular weight is 795 g/mol. The summed E-state index contributed by atoms with van der Waals surface area (Å²) in [4.78, 5) is 4.86. The largest absolute Gasteiger partial charge is 0.456 e. The van der Waals surface area contributed by atoms with Crippen molar-refractivity contribution >= 4 is 56.1 Å². The van der Waals surface area contributed by atoms with Gasteiger partial charge in [-0.2, -0.15) is 0 Å². The highest BCUT2D eigenvalue weighted by atomic mass is 16.3. The van der Waals surface area contributed by atoms with Crippen LogP contribution in [-0.4, -0.2) is 0 Å². The Morgan fingerprint density at radius 3 is 1.43 bits per heavy atom. The van der Waals surface area contributed by atoms with Crippen molar-refractivity contribution in [3.05, 3.63) is 193 Å². The zero-order chi connectivity index (χ0) is 40.3. The second-order valence-corrected chi connectivity index (χ2v) is 18.8. The summed E-state index contributed by atoms with van der Waals surface area (Å²) in [5.41, 5.74) is 13.4. The minimum Gasteiger partial charge on any atom is -0.456 e. The standard InChI is InChI=1S/C58H54N2O/c1-4-12-42(13-5-1)43-20-26-50(27-21-43)59(48-14-6-2-7-15-48)51-28-22-44(23-29-51)58(46-35-40-34-41(37-46)38-47(58)36-40)45-24-30-52(31-25-45)60(49-16-8-3-9-17-49)53-32-33-57-55(39-53)54-18-10-11-19-56(54)61-57/h2-3,6-11,14-33,39-42,46-47H,1,4-5,12-13,34-38H2. The van der Waals surface area contributed by atoms with Crippen LogP contribution in [0.5, 0.6) is 0 Å². The van der Waals surface area contributed by atoms with E-state index in [-0.39, 0.29) is 5.41 Å². The molecule has 0 N–H and O–H groups in total. The first-order valence-corrected chi connectivity index (χ1v) is 23.1. The van der Waals surface area contributed by atoms with Gasteiger partial charge in [0.2, 0.25) is 0 Å². The van der Waals surface area contributed by atoms with Crippen LogP contribution in [0.3, 0.4) is 0 Å². The number of benzene rings is 7. The fourth-order valence-electron chi connectivity index (χ4n) is 13.0. The van der Waals surface area contributed by atoms with Crippen molar-refractivity contribution in [3.63, 3.8) is 0 Å². The number of para-hydroxylation sites is 3. The van der Waals surface area contributed by atoms with Gasteiger partial charge in [-0.05, 0) is 176 Å². The zero-order valence-electron chi connectivity index (χ0n) is 35.0. The second kappa shape index (κ2) is 15.1. The van der Waals surface area contributed by atoms with Gasteiger partial charge in [-0.3, -0.25) is 0 Å². The van der Waals surface area contributed by atoms with Crippen molar-refractivity contribution in [3.8, 4) is 0 Å². The molecule has 1 aromatic heterocycles. The Kier molecular flexibility index (Phi) is 9.12. The summed E-state index contributed by atoms with van der Waals surface area (Å²) >= 11 is 0. The first-order valence-electron chi connectivity index (χ1n) is 23.1. The minimum absolute atomic E-state index is 0.00407. The Bertz CT molecular complexity index is 2750. The fraction of sp³-hybridized carbons (Fsp3) is 0.276. The van der Waals surface area contributed by atoms with Gasteiger partial charge in [0.15, 0.2) is 0 Å². The van der Waals surface area contributed by atoms with Crippen LogP contribution in [0.4, 0.5) is 34.1 Å². The van der Waals surface area contributed by atoms with E-state index in [1.807, 2.05) is 6.07 Å². The van der Waals surface area contributed by atoms with Gasteiger partial charge in [0, 0.05) is 50.3 Å². The highest BCUT2D eigenvalue weighted by Crippen LogP contribution is 2.65. The average Bonchev–Trinajstić information content (AvgIpc) is 3.69. The molecule has 3 heteroatoms. The van der Waals surface area contributed by atoms with Gasteiger partial charge >= 0.3 is 0 Å². The van der Waals surface area contributed by atoms with E-state index in [0.717, 1.165) is 45.1 Å². The first kappa shape index (κ1) is 36.8. The Hall–Kier alpha value is -6.06. The van der Waals surface area contributed by atoms with E-state index in [1.165, 1.54) is 104 Å². The van der Waals surface area contributed by atoms with Crippen LogP contribution in [0.25, 0.3) is 21.9 Å². The third-order valence-corrected chi connectivity index (χ3v) is 15.5. The number of rotatable bonds is 9. The lowest BCUT2D eigenvalue weighted by Gasteiger charge is -2.62. The van der Waals surface area contributed by atoms with E-state index in [4.69, 9.17) is 4.42 Å². The maximum absolute atomic E-state index is 6.25. The third kappa shape index (κ3) is 6.30. The van der Waals surface area contributed by atoms with Crippen LogP contribution >= 0.6 is 0 Å². The van der Waals surface area contributed by atoms with E-state index in [9.17, 15) is 0 Å². The van der Waals surface area contributed by atoms with Gasteiger partial charge in [-0.15, -0.1) is 0 Å². The molecule has 0 unspecified atom stereocenters. The summed E-state index contributed by atoms with van der Waals surface area (Å²) < 4.78 is 6.25. The van der Waals surface area contributed by atoms with Crippen LogP contribution in [0.15, 0.2) is 180 Å². The van der Waals surface area contributed by atoms with Gasteiger partial charge in [0.1, 0.15) is 11.2 Å². The van der Waals surface area contributed by atoms with Gasteiger partial charge in [0.05, 0.1) is 0 Å². The topological polar surface area (TPSA) is 19.6 Å². The molecule has 3 nitrogen and oxygen atoms in total. The molecule has 0 radical (unpaired) electrons. The van der Waals surface area contributed by atoms with Gasteiger partial charge in [0.25, 0.3) is 0 Å². The van der Waals surface area contributed by atoms with Crippen LogP contribution in [-0.2, 0) is 5.41 Å². The third-order valence-electron chi connectivity index (χ3n) is 15.5.